The number of halogens is 1. The Morgan fingerprint density at radius 3 is 2.27 bits per heavy atom. The van der Waals surface area contributed by atoms with Gasteiger partial charge in [-0.15, -0.1) is 0 Å². The Morgan fingerprint density at radius 1 is 1.55 bits per heavy atom. The zero-order valence-corrected chi connectivity index (χ0v) is 8.71. The molecule has 3 nitrogen and oxygen atoms in total. The molecule has 0 aliphatic heterocycles. The Balaban J connectivity index is 4.30. The van der Waals surface area contributed by atoms with Crippen LogP contribution in [0.15, 0.2) is 0 Å². The van der Waals surface area contributed by atoms with Gasteiger partial charge in [-0.1, -0.05) is 29.5 Å². The quantitative estimate of drug-likeness (QED) is 0.480. The molecule has 0 rings (SSSR count). The number of ketones is 1. The molecule has 1 atom stereocenters. The highest BCUT2D eigenvalue weighted by molar-refractivity contribution is 14.1. The summed E-state index contributed by atoms with van der Waals surface area (Å²) in [5.74, 6) is -1.27. The molecule has 1 unspecified atom stereocenters. The lowest BCUT2D eigenvalue weighted by molar-refractivity contribution is -0.142. The summed E-state index contributed by atoms with van der Waals surface area (Å²) >= 11 is 1.67. The number of rotatable bonds is 4. The van der Waals surface area contributed by atoms with Crippen molar-refractivity contribution in [2.75, 3.05) is 0 Å². The van der Waals surface area contributed by atoms with E-state index in [1.165, 1.54) is 6.92 Å². The first-order valence-electron chi connectivity index (χ1n) is 3.38. The molecule has 64 valence electrons. The molecule has 0 amide bonds. The first-order valence-corrected chi connectivity index (χ1v) is 4.46. The van der Waals surface area contributed by atoms with Crippen LogP contribution < -0.4 is 0 Å². The van der Waals surface area contributed by atoms with Gasteiger partial charge in [-0.25, -0.2) is 0 Å². The van der Waals surface area contributed by atoms with Crippen molar-refractivity contribution in [3.8, 4) is 0 Å². The van der Waals surface area contributed by atoms with Crippen molar-refractivity contribution in [1.29, 1.82) is 0 Å². The third-order valence-corrected chi connectivity index (χ3v) is 2.47. The van der Waals surface area contributed by atoms with Gasteiger partial charge in [0.05, 0.1) is 0 Å². The van der Waals surface area contributed by atoms with E-state index in [9.17, 15) is 9.59 Å². The SMILES string of the molecule is CCCC(=O)C(C)(I)C(=O)O. The Labute approximate surface area is 79.3 Å². The Hall–Kier alpha value is -0.130. The number of alkyl halides is 1. The molecule has 0 fully saturated rings. The van der Waals surface area contributed by atoms with Gasteiger partial charge in [-0.3, -0.25) is 9.59 Å². The average Bonchev–Trinajstić information content (AvgIpc) is 1.88. The van der Waals surface area contributed by atoms with Gasteiger partial charge < -0.3 is 5.11 Å². The number of aliphatic carboxylic acids is 1. The van der Waals surface area contributed by atoms with Crippen molar-refractivity contribution < 1.29 is 14.7 Å². The summed E-state index contributed by atoms with van der Waals surface area (Å²) in [4.78, 5) is 21.6. The summed E-state index contributed by atoms with van der Waals surface area (Å²) in [5.41, 5.74) is 0. The van der Waals surface area contributed by atoms with Crippen LogP contribution in [0, 0.1) is 0 Å². The van der Waals surface area contributed by atoms with Gasteiger partial charge in [0, 0.05) is 6.42 Å². The van der Waals surface area contributed by atoms with Gasteiger partial charge in [0.25, 0.3) is 0 Å². The van der Waals surface area contributed by atoms with E-state index in [2.05, 4.69) is 0 Å². The minimum absolute atomic E-state index is 0.215. The largest absolute Gasteiger partial charge is 0.480 e. The third-order valence-electron chi connectivity index (χ3n) is 1.40. The molecule has 0 aromatic carbocycles. The maximum Gasteiger partial charge on any atom is 0.326 e. The second-order valence-corrected chi connectivity index (χ2v) is 4.64. The number of Topliss-reactive ketones (excluding diaryl/α,β-unsaturated/α-hetero) is 1. The number of carboxylic acid groups (broad SMARTS) is 1. The van der Waals surface area contributed by atoms with E-state index in [0.717, 1.165) is 0 Å². The average molecular weight is 270 g/mol. The molecule has 0 saturated heterocycles. The van der Waals surface area contributed by atoms with Crippen molar-refractivity contribution >= 4 is 34.3 Å². The Kier molecular flexibility index (Phi) is 3.99. The van der Waals surface area contributed by atoms with Crippen LogP contribution in [0.3, 0.4) is 0 Å². The third kappa shape index (κ3) is 2.76. The van der Waals surface area contributed by atoms with Crippen molar-refractivity contribution in [2.24, 2.45) is 0 Å². The van der Waals surface area contributed by atoms with Gasteiger partial charge in [-0.2, -0.15) is 0 Å². The Bertz CT molecular complexity index is 175. The topological polar surface area (TPSA) is 54.4 Å². The normalized spacial score (nSPS) is 15.5. The van der Waals surface area contributed by atoms with Crippen LogP contribution >= 0.6 is 22.6 Å². The second kappa shape index (κ2) is 4.04. The molecule has 0 aromatic heterocycles. The molecule has 0 saturated carbocycles. The fourth-order valence-electron chi connectivity index (χ4n) is 0.581. The fraction of sp³-hybridized carbons (Fsp3) is 0.714. The maximum atomic E-state index is 11.1. The van der Waals surface area contributed by atoms with E-state index in [-0.39, 0.29) is 5.78 Å². The molecule has 0 bridgehead atoms. The van der Waals surface area contributed by atoms with E-state index in [4.69, 9.17) is 5.11 Å². The molecule has 4 heteroatoms. The van der Waals surface area contributed by atoms with Gasteiger partial charge in [0.1, 0.15) is 0 Å². The van der Waals surface area contributed by atoms with Crippen molar-refractivity contribution in [2.45, 2.75) is 30.1 Å². The lowest BCUT2D eigenvalue weighted by atomic mass is 10.0. The summed E-state index contributed by atoms with van der Waals surface area (Å²) in [6, 6.07) is 0. The Morgan fingerprint density at radius 2 is 2.00 bits per heavy atom. The molecule has 0 aromatic rings. The number of carbonyl (C=O) groups is 2. The zero-order valence-electron chi connectivity index (χ0n) is 6.56. The van der Waals surface area contributed by atoms with Gasteiger partial charge in [0.2, 0.25) is 0 Å². The predicted octanol–water partition coefficient (Wildman–Crippen LogP) is 1.63. The van der Waals surface area contributed by atoms with Gasteiger partial charge in [-0.05, 0) is 13.3 Å². The van der Waals surface area contributed by atoms with Crippen molar-refractivity contribution in [3.63, 3.8) is 0 Å². The first kappa shape index (κ1) is 10.9. The fourth-order valence-corrected chi connectivity index (χ4v) is 0.851. The molecule has 0 heterocycles. The smallest absolute Gasteiger partial charge is 0.326 e. The van der Waals surface area contributed by atoms with Gasteiger partial charge >= 0.3 is 5.97 Å². The lowest BCUT2D eigenvalue weighted by Crippen LogP contribution is -2.36. The summed E-state index contributed by atoms with van der Waals surface area (Å²) in [5, 5.41) is 8.61. The molecular formula is C7H11IO3. The molecule has 0 aliphatic carbocycles. The maximum absolute atomic E-state index is 11.1. The summed E-state index contributed by atoms with van der Waals surface area (Å²) in [6.45, 7) is 3.28. The summed E-state index contributed by atoms with van der Waals surface area (Å²) in [6.07, 6.45) is 1.04. The molecule has 1 N–H and O–H groups in total. The van der Waals surface area contributed by atoms with Crippen LogP contribution in [-0.4, -0.2) is 20.3 Å². The molecule has 0 radical (unpaired) electrons. The van der Waals surface area contributed by atoms with Gasteiger partial charge in [0.15, 0.2) is 9.20 Å². The van der Waals surface area contributed by atoms with Crippen LogP contribution in [0.25, 0.3) is 0 Å². The summed E-state index contributed by atoms with van der Waals surface area (Å²) in [7, 11) is 0. The molecular weight excluding hydrogens is 259 g/mol. The van der Waals surface area contributed by atoms with E-state index in [0.29, 0.717) is 12.8 Å². The van der Waals surface area contributed by atoms with Crippen LogP contribution in [0.2, 0.25) is 0 Å². The second-order valence-electron chi connectivity index (χ2n) is 2.48. The van der Waals surface area contributed by atoms with Crippen LogP contribution in [0.4, 0.5) is 0 Å². The predicted molar refractivity (Wildman–Crippen MR) is 50.0 cm³/mol. The van der Waals surface area contributed by atoms with E-state index >= 15 is 0 Å². The highest BCUT2D eigenvalue weighted by Crippen LogP contribution is 2.21. The molecule has 0 aliphatic rings. The van der Waals surface area contributed by atoms with Crippen LogP contribution in [-0.2, 0) is 9.59 Å². The van der Waals surface area contributed by atoms with E-state index in [1.807, 2.05) is 6.92 Å². The lowest BCUT2D eigenvalue weighted by Gasteiger charge is -2.14. The minimum atomic E-state index is -1.24. The number of hydrogen-bond acceptors (Lipinski definition) is 2. The number of hydrogen-bond donors (Lipinski definition) is 1. The standard InChI is InChI=1S/C7H11IO3/c1-3-4-5(9)7(2,8)6(10)11/h3-4H2,1-2H3,(H,10,11). The molecule has 11 heavy (non-hydrogen) atoms. The highest BCUT2D eigenvalue weighted by Gasteiger charge is 2.36. The first-order chi connectivity index (χ1) is 4.92. The number of carbonyl (C=O) groups excluding carboxylic acids is 1. The van der Waals surface area contributed by atoms with Crippen LogP contribution in [0.5, 0.6) is 0 Å². The highest BCUT2D eigenvalue weighted by atomic mass is 127. The number of carboxylic acids is 1. The molecule has 0 spiro atoms. The summed E-state index contributed by atoms with van der Waals surface area (Å²) < 4.78 is -1.24. The van der Waals surface area contributed by atoms with E-state index < -0.39 is 9.39 Å². The monoisotopic (exact) mass is 270 g/mol. The zero-order chi connectivity index (χ0) is 9.07. The van der Waals surface area contributed by atoms with Crippen molar-refractivity contribution in [1.82, 2.24) is 0 Å². The van der Waals surface area contributed by atoms with Crippen molar-refractivity contribution in [3.05, 3.63) is 0 Å². The van der Waals surface area contributed by atoms with E-state index in [1.54, 1.807) is 22.6 Å². The minimum Gasteiger partial charge on any atom is -0.480 e. The van der Waals surface area contributed by atoms with Crippen LogP contribution in [0.1, 0.15) is 26.7 Å².